The van der Waals surface area contributed by atoms with Crippen molar-refractivity contribution in [1.29, 1.82) is 0 Å². The number of hydrogen-bond donors (Lipinski definition) is 2. The molecule has 0 saturated carbocycles. The second-order valence-electron chi connectivity index (χ2n) is 5.24. The van der Waals surface area contributed by atoms with Crippen LogP contribution in [0.15, 0.2) is 49.1 Å². The summed E-state index contributed by atoms with van der Waals surface area (Å²) in [6.45, 7) is 1.68. The van der Waals surface area contributed by atoms with Crippen LogP contribution >= 0.6 is 0 Å². The van der Waals surface area contributed by atoms with Gasteiger partial charge in [0.1, 0.15) is 23.3 Å². The monoisotopic (exact) mass is 306 g/mol. The molecule has 1 unspecified atom stereocenters. The van der Waals surface area contributed by atoms with Gasteiger partial charge in [-0.15, -0.1) is 0 Å². The first-order valence-corrected chi connectivity index (χ1v) is 7.21. The molecule has 3 heterocycles. The molecule has 0 bridgehead atoms. The molecule has 4 rings (SSSR count). The zero-order valence-corrected chi connectivity index (χ0v) is 12.4. The lowest BCUT2D eigenvalue weighted by Crippen LogP contribution is -1.95. The summed E-state index contributed by atoms with van der Waals surface area (Å²) in [6.07, 6.45) is 6.20. The number of H-pyrrole nitrogens is 1. The molecule has 0 spiro atoms. The predicted molar refractivity (Wildman–Crippen MR) is 84.9 cm³/mol. The van der Waals surface area contributed by atoms with Crippen LogP contribution in [-0.4, -0.2) is 34.8 Å². The number of rotatable bonds is 3. The Bertz CT molecular complexity index is 957. The molecule has 1 aromatic carbocycles. The van der Waals surface area contributed by atoms with Gasteiger partial charge in [-0.1, -0.05) is 0 Å². The van der Waals surface area contributed by atoms with Gasteiger partial charge < -0.3 is 10.1 Å². The van der Waals surface area contributed by atoms with E-state index >= 15 is 0 Å². The normalized spacial score (nSPS) is 12.6. The van der Waals surface area contributed by atoms with Gasteiger partial charge in [0.05, 0.1) is 22.9 Å². The first-order chi connectivity index (χ1) is 11.2. The highest BCUT2D eigenvalue weighted by Crippen LogP contribution is 2.20. The number of aliphatic hydroxyl groups is 1. The summed E-state index contributed by atoms with van der Waals surface area (Å²) in [5, 5.41) is 14.1. The highest BCUT2D eigenvalue weighted by Gasteiger charge is 2.10. The van der Waals surface area contributed by atoms with Crippen LogP contribution < -0.4 is 0 Å². The summed E-state index contributed by atoms with van der Waals surface area (Å²) in [7, 11) is 0. The Morgan fingerprint density at radius 2 is 2.09 bits per heavy atom. The topological polar surface area (TPSA) is 92.5 Å². The van der Waals surface area contributed by atoms with Gasteiger partial charge >= 0.3 is 0 Å². The van der Waals surface area contributed by atoms with Crippen molar-refractivity contribution in [2.24, 2.45) is 0 Å². The van der Waals surface area contributed by atoms with Crippen LogP contribution in [0.25, 0.3) is 28.1 Å². The standard InChI is InChI=1S/C16H14N6O/c1-10(23)16-19-12-3-2-11(8-14(12)20-16)22-7-4-13(21-22)15-9-17-5-6-18-15/h2-10,23H,1H3,(H,19,20). The molecule has 0 saturated heterocycles. The molecule has 7 heteroatoms. The summed E-state index contributed by atoms with van der Waals surface area (Å²) < 4.78 is 1.77. The van der Waals surface area contributed by atoms with E-state index < -0.39 is 6.10 Å². The van der Waals surface area contributed by atoms with E-state index in [1.807, 2.05) is 30.5 Å². The zero-order chi connectivity index (χ0) is 15.8. The SMILES string of the molecule is CC(O)c1nc2ccc(-n3ccc(-c4cnccn4)n3)cc2[nH]1. The Kier molecular flexibility index (Phi) is 3.13. The predicted octanol–water partition coefficient (Wildman–Crippen LogP) is 2.26. The van der Waals surface area contributed by atoms with Gasteiger partial charge in [0, 0.05) is 18.6 Å². The largest absolute Gasteiger partial charge is 0.385 e. The van der Waals surface area contributed by atoms with Gasteiger partial charge in [0.2, 0.25) is 0 Å². The number of nitrogens with one attached hydrogen (secondary N) is 1. The van der Waals surface area contributed by atoms with Crippen LogP contribution in [-0.2, 0) is 0 Å². The van der Waals surface area contributed by atoms with Crippen molar-refractivity contribution in [3.05, 3.63) is 54.9 Å². The zero-order valence-electron chi connectivity index (χ0n) is 12.4. The molecule has 7 nitrogen and oxygen atoms in total. The van der Waals surface area contributed by atoms with E-state index in [4.69, 9.17) is 0 Å². The third kappa shape index (κ3) is 2.47. The molecule has 1 atom stereocenters. The third-order valence-corrected chi connectivity index (χ3v) is 3.56. The summed E-state index contributed by atoms with van der Waals surface area (Å²) in [6, 6.07) is 7.67. The number of hydrogen-bond acceptors (Lipinski definition) is 5. The first kappa shape index (κ1) is 13.6. The number of aromatic amines is 1. The minimum absolute atomic E-state index is 0.554. The van der Waals surface area contributed by atoms with Crippen molar-refractivity contribution in [3.8, 4) is 17.1 Å². The second kappa shape index (κ2) is 5.29. The van der Waals surface area contributed by atoms with Crippen molar-refractivity contribution in [3.63, 3.8) is 0 Å². The number of benzene rings is 1. The number of imidazole rings is 1. The highest BCUT2D eigenvalue weighted by molar-refractivity contribution is 5.77. The highest BCUT2D eigenvalue weighted by atomic mass is 16.3. The van der Waals surface area contributed by atoms with Gasteiger partial charge in [-0.05, 0) is 31.2 Å². The first-order valence-electron chi connectivity index (χ1n) is 7.21. The van der Waals surface area contributed by atoms with Crippen LogP contribution in [0.1, 0.15) is 18.9 Å². The second-order valence-corrected chi connectivity index (χ2v) is 5.24. The maximum Gasteiger partial charge on any atom is 0.135 e. The fourth-order valence-electron chi connectivity index (χ4n) is 2.39. The van der Waals surface area contributed by atoms with Gasteiger partial charge in [0.15, 0.2) is 0 Å². The van der Waals surface area contributed by atoms with Gasteiger partial charge in [-0.3, -0.25) is 9.97 Å². The maximum absolute atomic E-state index is 9.62. The van der Waals surface area contributed by atoms with Crippen LogP contribution in [0.2, 0.25) is 0 Å². The summed E-state index contributed by atoms with van der Waals surface area (Å²) in [5.74, 6) is 0.554. The van der Waals surface area contributed by atoms with Crippen molar-refractivity contribution < 1.29 is 5.11 Å². The van der Waals surface area contributed by atoms with Gasteiger partial charge in [0.25, 0.3) is 0 Å². The van der Waals surface area contributed by atoms with Crippen LogP contribution in [0.5, 0.6) is 0 Å². The number of aromatic nitrogens is 6. The minimum Gasteiger partial charge on any atom is -0.385 e. The lowest BCUT2D eigenvalue weighted by Gasteiger charge is -2.01. The Morgan fingerprint density at radius 1 is 1.17 bits per heavy atom. The van der Waals surface area contributed by atoms with Crippen molar-refractivity contribution >= 4 is 11.0 Å². The molecular formula is C16H14N6O. The lowest BCUT2D eigenvalue weighted by molar-refractivity contribution is 0.190. The minimum atomic E-state index is -0.626. The molecule has 2 N–H and O–H groups in total. The number of aliphatic hydroxyl groups excluding tert-OH is 1. The molecule has 0 aliphatic rings. The summed E-state index contributed by atoms with van der Waals surface area (Å²) >= 11 is 0. The van der Waals surface area contributed by atoms with E-state index in [0.717, 1.165) is 28.1 Å². The van der Waals surface area contributed by atoms with E-state index in [1.165, 1.54) is 0 Å². The fraction of sp³-hybridized carbons (Fsp3) is 0.125. The van der Waals surface area contributed by atoms with E-state index in [0.29, 0.717) is 5.82 Å². The third-order valence-electron chi connectivity index (χ3n) is 3.56. The molecule has 3 aromatic heterocycles. The van der Waals surface area contributed by atoms with E-state index in [2.05, 4.69) is 25.0 Å². The van der Waals surface area contributed by atoms with E-state index in [1.54, 1.807) is 30.2 Å². The van der Waals surface area contributed by atoms with Crippen LogP contribution in [0.4, 0.5) is 0 Å². The summed E-state index contributed by atoms with van der Waals surface area (Å²) in [4.78, 5) is 15.8. The molecule has 0 radical (unpaired) electrons. The lowest BCUT2D eigenvalue weighted by atomic mass is 10.3. The molecule has 0 aliphatic carbocycles. The fourth-order valence-corrected chi connectivity index (χ4v) is 2.39. The molecule has 0 fully saturated rings. The van der Waals surface area contributed by atoms with Crippen molar-refractivity contribution in [1.82, 2.24) is 29.7 Å². The number of fused-ring (bicyclic) bond motifs is 1. The average molecular weight is 306 g/mol. The maximum atomic E-state index is 9.62. The molecule has 0 aliphatic heterocycles. The molecule has 4 aromatic rings. The van der Waals surface area contributed by atoms with E-state index in [-0.39, 0.29) is 0 Å². The van der Waals surface area contributed by atoms with Crippen LogP contribution in [0.3, 0.4) is 0 Å². The quantitative estimate of drug-likeness (QED) is 0.605. The molecule has 114 valence electrons. The van der Waals surface area contributed by atoms with Crippen LogP contribution in [0, 0.1) is 0 Å². The number of nitrogens with zero attached hydrogens (tertiary/aromatic N) is 5. The van der Waals surface area contributed by atoms with Crippen molar-refractivity contribution in [2.45, 2.75) is 13.0 Å². The van der Waals surface area contributed by atoms with E-state index in [9.17, 15) is 5.11 Å². The summed E-state index contributed by atoms with van der Waals surface area (Å²) in [5.41, 5.74) is 4.05. The molecular weight excluding hydrogens is 292 g/mol. The average Bonchev–Trinajstić information content (AvgIpc) is 3.22. The smallest absolute Gasteiger partial charge is 0.135 e. The Morgan fingerprint density at radius 3 is 2.87 bits per heavy atom. The molecule has 0 amide bonds. The Labute approximate surface area is 131 Å². The van der Waals surface area contributed by atoms with Gasteiger partial charge in [-0.2, -0.15) is 5.10 Å². The van der Waals surface area contributed by atoms with Crippen molar-refractivity contribution in [2.75, 3.05) is 0 Å². The Hall–Kier alpha value is -3.06. The molecule has 23 heavy (non-hydrogen) atoms. The Balaban J connectivity index is 1.73. The van der Waals surface area contributed by atoms with Gasteiger partial charge in [-0.25, -0.2) is 9.67 Å².